The van der Waals surface area contributed by atoms with E-state index in [0.29, 0.717) is 30.2 Å². The van der Waals surface area contributed by atoms with Gasteiger partial charge in [0.1, 0.15) is 5.75 Å². The van der Waals surface area contributed by atoms with E-state index in [4.69, 9.17) is 9.47 Å². The molecule has 4 heteroatoms. The second-order valence-electron chi connectivity index (χ2n) is 4.36. The molecule has 0 amide bonds. The van der Waals surface area contributed by atoms with Gasteiger partial charge in [-0.2, -0.15) is 0 Å². The van der Waals surface area contributed by atoms with Crippen LogP contribution in [0.25, 0.3) is 0 Å². The van der Waals surface area contributed by atoms with Crippen molar-refractivity contribution in [1.29, 1.82) is 0 Å². The van der Waals surface area contributed by atoms with Crippen LogP contribution in [0.4, 0.5) is 0 Å². The van der Waals surface area contributed by atoms with Crippen molar-refractivity contribution in [2.24, 2.45) is 0 Å². The van der Waals surface area contributed by atoms with Crippen molar-refractivity contribution in [2.75, 3.05) is 7.11 Å². The molecule has 2 heterocycles. The fraction of sp³-hybridized carbons (Fsp3) is 0.200. The molecular weight excluding hydrogens is 242 g/mol. The van der Waals surface area contributed by atoms with Gasteiger partial charge >= 0.3 is 0 Å². The molecule has 2 aromatic rings. The average Bonchev–Trinajstić information content (AvgIpc) is 2.93. The highest BCUT2D eigenvalue weighted by Crippen LogP contribution is 2.24. The van der Waals surface area contributed by atoms with Gasteiger partial charge in [-0.05, 0) is 29.3 Å². The molecule has 0 saturated carbocycles. The summed E-state index contributed by atoms with van der Waals surface area (Å²) in [5.41, 5.74) is 3.16. The average molecular weight is 255 g/mol. The topological polar surface area (TPSA) is 48.4 Å². The van der Waals surface area contributed by atoms with Gasteiger partial charge in [-0.1, -0.05) is 12.1 Å². The highest BCUT2D eigenvalue weighted by atomic mass is 16.5. The van der Waals surface area contributed by atoms with Crippen LogP contribution in [0.3, 0.4) is 0 Å². The Hall–Kier alpha value is -2.20. The van der Waals surface area contributed by atoms with Crippen LogP contribution in [0.15, 0.2) is 36.5 Å². The van der Waals surface area contributed by atoms with Crippen LogP contribution in [0.5, 0.6) is 5.75 Å². The Morgan fingerprint density at radius 2 is 2.11 bits per heavy atom. The Morgan fingerprint density at radius 1 is 1.26 bits per heavy atom. The van der Waals surface area contributed by atoms with Gasteiger partial charge < -0.3 is 9.47 Å². The molecule has 0 atom stereocenters. The molecule has 1 aromatic heterocycles. The van der Waals surface area contributed by atoms with Gasteiger partial charge in [0.15, 0.2) is 5.69 Å². The zero-order valence-electron chi connectivity index (χ0n) is 10.6. The van der Waals surface area contributed by atoms with E-state index < -0.39 is 0 Å². The van der Waals surface area contributed by atoms with Crippen molar-refractivity contribution in [3.63, 3.8) is 0 Å². The van der Waals surface area contributed by atoms with Crippen molar-refractivity contribution in [3.05, 3.63) is 58.9 Å². The van der Waals surface area contributed by atoms with E-state index >= 15 is 0 Å². The van der Waals surface area contributed by atoms with Gasteiger partial charge in [0.05, 0.1) is 20.3 Å². The van der Waals surface area contributed by atoms with E-state index in [1.54, 1.807) is 18.3 Å². The van der Waals surface area contributed by atoms with E-state index in [9.17, 15) is 4.79 Å². The Labute approximate surface area is 111 Å². The summed E-state index contributed by atoms with van der Waals surface area (Å²) in [5.74, 6) is 0.358. The molecule has 0 saturated heterocycles. The molecule has 1 aromatic carbocycles. The summed E-state index contributed by atoms with van der Waals surface area (Å²) >= 11 is 0. The van der Waals surface area contributed by atoms with Gasteiger partial charge in [0, 0.05) is 11.8 Å². The minimum atomic E-state index is -0.132. The van der Waals surface area contributed by atoms with Crippen molar-refractivity contribution < 1.29 is 14.3 Å². The van der Waals surface area contributed by atoms with E-state index in [2.05, 4.69) is 4.98 Å². The third-order valence-electron chi connectivity index (χ3n) is 3.19. The van der Waals surface area contributed by atoms with E-state index in [-0.39, 0.29) is 5.78 Å². The van der Waals surface area contributed by atoms with E-state index in [1.807, 2.05) is 18.2 Å². The number of fused-ring (bicyclic) bond motifs is 1. The first-order valence-electron chi connectivity index (χ1n) is 6.03. The predicted molar refractivity (Wildman–Crippen MR) is 69.2 cm³/mol. The summed E-state index contributed by atoms with van der Waals surface area (Å²) in [6, 6.07) is 9.09. The molecule has 1 aliphatic heterocycles. The molecule has 0 N–H and O–H groups in total. The maximum Gasteiger partial charge on any atom is 0.215 e. The van der Waals surface area contributed by atoms with Gasteiger partial charge in [0.25, 0.3) is 0 Å². The predicted octanol–water partition coefficient (Wildman–Crippen LogP) is 2.35. The van der Waals surface area contributed by atoms with Gasteiger partial charge in [-0.25, -0.2) is 4.98 Å². The molecule has 0 bridgehead atoms. The number of hydrogen-bond acceptors (Lipinski definition) is 4. The molecule has 0 radical (unpaired) electrons. The lowest BCUT2D eigenvalue weighted by Gasteiger charge is -2.07. The van der Waals surface area contributed by atoms with Crippen LogP contribution < -0.4 is 4.74 Å². The zero-order valence-corrected chi connectivity index (χ0v) is 10.6. The minimum Gasteiger partial charge on any atom is -0.494 e. The van der Waals surface area contributed by atoms with Crippen molar-refractivity contribution in [1.82, 2.24) is 4.98 Å². The SMILES string of the molecule is COc1cccnc1C(=O)c1ccc2c(c1)COC2. The number of rotatable bonds is 3. The third-order valence-corrected chi connectivity index (χ3v) is 3.19. The van der Waals surface area contributed by atoms with Gasteiger partial charge in [-0.15, -0.1) is 0 Å². The van der Waals surface area contributed by atoms with Crippen LogP contribution in [-0.2, 0) is 18.0 Å². The number of methoxy groups -OCH3 is 1. The maximum atomic E-state index is 12.4. The first kappa shape index (κ1) is 11.9. The summed E-state index contributed by atoms with van der Waals surface area (Å²) in [6.45, 7) is 1.19. The van der Waals surface area contributed by atoms with Crippen LogP contribution in [0.1, 0.15) is 27.2 Å². The Kier molecular flexibility index (Phi) is 3.01. The standard InChI is InChI=1S/C15H13NO3/c1-18-13-3-2-6-16-14(13)15(17)10-4-5-11-8-19-9-12(11)7-10/h2-7H,8-9H2,1H3. The van der Waals surface area contributed by atoms with Crippen LogP contribution >= 0.6 is 0 Å². The second-order valence-corrected chi connectivity index (χ2v) is 4.36. The molecule has 0 aliphatic carbocycles. The highest BCUT2D eigenvalue weighted by molar-refractivity contribution is 6.09. The molecule has 96 valence electrons. The number of ketones is 1. The van der Waals surface area contributed by atoms with Crippen molar-refractivity contribution >= 4 is 5.78 Å². The Bertz CT molecular complexity index is 637. The molecule has 0 unspecified atom stereocenters. The fourth-order valence-corrected chi connectivity index (χ4v) is 2.18. The fourth-order valence-electron chi connectivity index (χ4n) is 2.18. The normalized spacial score (nSPS) is 13.1. The lowest BCUT2D eigenvalue weighted by Crippen LogP contribution is -2.07. The number of carbonyl (C=O) groups excluding carboxylic acids is 1. The van der Waals surface area contributed by atoms with E-state index in [0.717, 1.165) is 11.1 Å². The maximum absolute atomic E-state index is 12.4. The number of pyridine rings is 1. The number of benzene rings is 1. The second kappa shape index (κ2) is 4.82. The molecule has 19 heavy (non-hydrogen) atoms. The molecule has 4 nitrogen and oxygen atoms in total. The first-order valence-corrected chi connectivity index (χ1v) is 6.03. The Balaban J connectivity index is 2.00. The molecule has 3 rings (SSSR count). The lowest BCUT2D eigenvalue weighted by molar-refractivity contribution is 0.103. The van der Waals surface area contributed by atoms with Crippen molar-refractivity contribution in [3.8, 4) is 5.75 Å². The molecule has 0 fully saturated rings. The first-order chi connectivity index (χ1) is 9.29. The molecular formula is C15H13NO3. The quantitative estimate of drug-likeness (QED) is 0.790. The zero-order chi connectivity index (χ0) is 13.2. The summed E-state index contributed by atoms with van der Waals surface area (Å²) < 4.78 is 10.5. The highest BCUT2D eigenvalue weighted by Gasteiger charge is 2.18. The monoisotopic (exact) mass is 255 g/mol. The van der Waals surface area contributed by atoms with Crippen LogP contribution in [-0.4, -0.2) is 17.9 Å². The largest absolute Gasteiger partial charge is 0.494 e. The van der Waals surface area contributed by atoms with Gasteiger partial charge in [-0.3, -0.25) is 4.79 Å². The van der Waals surface area contributed by atoms with Gasteiger partial charge in [0.2, 0.25) is 5.78 Å². The number of ether oxygens (including phenoxy) is 2. The number of nitrogens with zero attached hydrogens (tertiary/aromatic N) is 1. The summed E-state index contributed by atoms with van der Waals surface area (Å²) in [4.78, 5) is 16.6. The molecule has 1 aliphatic rings. The number of hydrogen-bond donors (Lipinski definition) is 0. The summed E-state index contributed by atoms with van der Waals surface area (Å²) in [6.07, 6.45) is 1.59. The Morgan fingerprint density at radius 3 is 2.95 bits per heavy atom. The smallest absolute Gasteiger partial charge is 0.215 e. The van der Waals surface area contributed by atoms with Crippen LogP contribution in [0.2, 0.25) is 0 Å². The minimum absolute atomic E-state index is 0.132. The van der Waals surface area contributed by atoms with Crippen LogP contribution in [0, 0.1) is 0 Å². The lowest BCUT2D eigenvalue weighted by atomic mass is 10.0. The number of carbonyl (C=O) groups is 1. The van der Waals surface area contributed by atoms with E-state index in [1.165, 1.54) is 7.11 Å². The molecule has 0 spiro atoms. The van der Waals surface area contributed by atoms with Crippen molar-refractivity contribution in [2.45, 2.75) is 13.2 Å². The third kappa shape index (κ3) is 2.11. The summed E-state index contributed by atoms with van der Waals surface area (Å²) in [5, 5.41) is 0. The summed E-state index contributed by atoms with van der Waals surface area (Å²) in [7, 11) is 1.53. The number of aromatic nitrogens is 1.